The number of nitrogens with zero attached hydrogens (tertiary/aromatic N) is 2. The molecule has 0 aromatic heterocycles. The van der Waals surface area contributed by atoms with Gasteiger partial charge in [-0.25, -0.2) is 4.39 Å². The zero-order chi connectivity index (χ0) is 18.6. The van der Waals surface area contributed by atoms with Crippen LogP contribution in [0.15, 0.2) is 36.2 Å². The molecule has 0 aliphatic heterocycles. The summed E-state index contributed by atoms with van der Waals surface area (Å²) in [5.74, 6) is -2.44. The molecule has 0 heterocycles. The third-order valence-corrected chi connectivity index (χ3v) is 3.12. The van der Waals surface area contributed by atoms with E-state index in [1.54, 1.807) is 0 Å². The third kappa shape index (κ3) is 4.98. The van der Waals surface area contributed by atoms with E-state index in [2.05, 4.69) is 0 Å². The maximum atomic E-state index is 12.8. The predicted octanol–water partition coefficient (Wildman–Crippen LogP) is 5.09. The van der Waals surface area contributed by atoms with Crippen molar-refractivity contribution in [3.8, 4) is 12.1 Å². The van der Waals surface area contributed by atoms with Gasteiger partial charge in [0.05, 0.1) is 17.7 Å². The molecule has 0 atom stereocenters. The molecule has 0 aliphatic rings. The Hall–Kier alpha value is -2.55. The van der Waals surface area contributed by atoms with E-state index >= 15 is 0 Å². The SMILES string of the molecule is N#CC(C#N)(C/C=C(\F)C(F)(F)F)Cc1ccc(C(F)(F)F)cc1. The summed E-state index contributed by atoms with van der Waals surface area (Å²) in [7, 11) is 0. The van der Waals surface area contributed by atoms with Crippen LogP contribution in [0.4, 0.5) is 30.7 Å². The topological polar surface area (TPSA) is 47.6 Å². The van der Waals surface area contributed by atoms with Crippen LogP contribution in [0.1, 0.15) is 17.5 Å². The van der Waals surface area contributed by atoms with Crippen molar-refractivity contribution in [2.75, 3.05) is 0 Å². The van der Waals surface area contributed by atoms with E-state index in [0.29, 0.717) is 0 Å². The largest absolute Gasteiger partial charge is 0.442 e. The highest BCUT2D eigenvalue weighted by molar-refractivity contribution is 5.29. The smallest absolute Gasteiger partial charge is 0.202 e. The Kier molecular flexibility index (Phi) is 5.62. The molecule has 0 saturated heterocycles. The molecular formula is C15H9F7N2. The Morgan fingerprint density at radius 3 is 1.83 bits per heavy atom. The third-order valence-electron chi connectivity index (χ3n) is 3.12. The van der Waals surface area contributed by atoms with Gasteiger partial charge in [-0.15, -0.1) is 0 Å². The Balaban J connectivity index is 3.02. The van der Waals surface area contributed by atoms with Gasteiger partial charge in [-0.1, -0.05) is 12.1 Å². The zero-order valence-corrected chi connectivity index (χ0v) is 11.8. The molecule has 128 valence electrons. The van der Waals surface area contributed by atoms with E-state index in [1.807, 2.05) is 0 Å². The fourth-order valence-corrected chi connectivity index (χ4v) is 1.81. The van der Waals surface area contributed by atoms with Crippen molar-refractivity contribution in [1.82, 2.24) is 0 Å². The number of halogens is 7. The predicted molar refractivity (Wildman–Crippen MR) is 68.7 cm³/mol. The normalized spacial score (nSPS) is 13.3. The summed E-state index contributed by atoms with van der Waals surface area (Å²) in [6.45, 7) is 0. The number of alkyl halides is 6. The van der Waals surface area contributed by atoms with Gasteiger partial charge in [0.25, 0.3) is 0 Å². The van der Waals surface area contributed by atoms with Gasteiger partial charge in [0.15, 0.2) is 11.2 Å². The summed E-state index contributed by atoms with van der Waals surface area (Å²) >= 11 is 0. The van der Waals surface area contributed by atoms with E-state index < -0.39 is 42.0 Å². The average molecular weight is 350 g/mol. The van der Waals surface area contributed by atoms with Crippen LogP contribution in [0.2, 0.25) is 0 Å². The van der Waals surface area contributed by atoms with Crippen LogP contribution in [0.25, 0.3) is 0 Å². The van der Waals surface area contributed by atoms with Gasteiger partial charge < -0.3 is 0 Å². The van der Waals surface area contributed by atoms with Crippen LogP contribution in [0, 0.1) is 28.1 Å². The minimum absolute atomic E-state index is 0.0799. The lowest BCUT2D eigenvalue weighted by atomic mass is 9.81. The first-order chi connectivity index (χ1) is 10.9. The van der Waals surface area contributed by atoms with Crippen LogP contribution < -0.4 is 0 Å². The fraction of sp³-hybridized carbons (Fsp3) is 0.333. The van der Waals surface area contributed by atoms with Gasteiger partial charge in [0, 0.05) is 12.8 Å². The standard InChI is InChI=1S/C15H9F7N2/c16-12(15(20,21)22)5-6-13(8-23,9-24)7-10-1-3-11(4-2-10)14(17,18)19/h1-5H,6-7H2/b12-5-. The Labute approximate surface area is 132 Å². The van der Waals surface area contributed by atoms with Crippen molar-refractivity contribution in [2.45, 2.75) is 25.2 Å². The molecule has 0 unspecified atom stereocenters. The average Bonchev–Trinajstić information content (AvgIpc) is 2.50. The van der Waals surface area contributed by atoms with Gasteiger partial charge in [0.2, 0.25) is 0 Å². The summed E-state index contributed by atoms with van der Waals surface area (Å²) in [4.78, 5) is 0. The zero-order valence-electron chi connectivity index (χ0n) is 11.8. The Morgan fingerprint density at radius 2 is 1.46 bits per heavy atom. The van der Waals surface area contributed by atoms with Crippen molar-refractivity contribution in [1.29, 1.82) is 10.5 Å². The first-order valence-corrected chi connectivity index (χ1v) is 6.35. The molecular weight excluding hydrogens is 341 g/mol. The fourth-order valence-electron chi connectivity index (χ4n) is 1.81. The first-order valence-electron chi connectivity index (χ1n) is 6.35. The number of hydrogen-bond acceptors (Lipinski definition) is 2. The molecule has 0 radical (unpaired) electrons. The molecule has 1 aromatic rings. The van der Waals surface area contributed by atoms with E-state index in [-0.39, 0.29) is 11.6 Å². The molecule has 0 spiro atoms. The number of benzene rings is 1. The van der Waals surface area contributed by atoms with E-state index in [4.69, 9.17) is 10.5 Å². The number of rotatable bonds is 4. The van der Waals surface area contributed by atoms with Crippen LogP contribution in [0.5, 0.6) is 0 Å². The van der Waals surface area contributed by atoms with Crippen LogP contribution >= 0.6 is 0 Å². The van der Waals surface area contributed by atoms with E-state index in [0.717, 1.165) is 24.3 Å². The molecule has 2 nitrogen and oxygen atoms in total. The molecule has 0 bridgehead atoms. The van der Waals surface area contributed by atoms with E-state index in [1.165, 1.54) is 12.1 Å². The number of hydrogen-bond donors (Lipinski definition) is 0. The van der Waals surface area contributed by atoms with Gasteiger partial charge in [-0.05, 0) is 23.8 Å². The lowest BCUT2D eigenvalue weighted by Gasteiger charge is -2.17. The number of allylic oxidation sites excluding steroid dienone is 2. The van der Waals surface area contributed by atoms with Crippen molar-refractivity contribution >= 4 is 0 Å². The van der Waals surface area contributed by atoms with Gasteiger partial charge >= 0.3 is 12.4 Å². The second-order valence-corrected chi connectivity index (χ2v) is 4.93. The number of nitriles is 2. The molecule has 0 saturated carbocycles. The van der Waals surface area contributed by atoms with Crippen molar-refractivity contribution < 1.29 is 30.7 Å². The quantitative estimate of drug-likeness (QED) is 0.711. The molecule has 1 rings (SSSR count). The summed E-state index contributed by atoms with van der Waals surface area (Å²) < 4.78 is 86.5. The minimum Gasteiger partial charge on any atom is -0.202 e. The van der Waals surface area contributed by atoms with Crippen LogP contribution in [-0.4, -0.2) is 6.18 Å². The Bertz CT molecular complexity index is 671. The maximum Gasteiger partial charge on any atom is 0.442 e. The Morgan fingerprint density at radius 1 is 0.958 bits per heavy atom. The van der Waals surface area contributed by atoms with Gasteiger partial charge in [-0.3, -0.25) is 0 Å². The van der Waals surface area contributed by atoms with Crippen molar-refractivity contribution in [3.63, 3.8) is 0 Å². The van der Waals surface area contributed by atoms with Crippen LogP contribution in [0.3, 0.4) is 0 Å². The highest BCUT2D eigenvalue weighted by Crippen LogP contribution is 2.33. The lowest BCUT2D eigenvalue weighted by molar-refractivity contribution is -0.137. The molecule has 0 fully saturated rings. The second kappa shape index (κ2) is 6.91. The van der Waals surface area contributed by atoms with Crippen LogP contribution in [-0.2, 0) is 12.6 Å². The van der Waals surface area contributed by atoms with Gasteiger partial charge in [-0.2, -0.15) is 36.9 Å². The highest BCUT2D eigenvalue weighted by atomic mass is 19.4. The summed E-state index contributed by atoms with van der Waals surface area (Å²) in [6.07, 6.45) is -11.0. The van der Waals surface area contributed by atoms with E-state index in [9.17, 15) is 30.7 Å². The summed E-state index contributed by atoms with van der Waals surface area (Å²) in [6, 6.07) is 6.47. The minimum atomic E-state index is -5.23. The molecule has 0 N–H and O–H groups in total. The molecule has 24 heavy (non-hydrogen) atoms. The molecule has 9 heteroatoms. The molecule has 1 aromatic carbocycles. The molecule has 0 aliphatic carbocycles. The van der Waals surface area contributed by atoms with Crippen molar-refractivity contribution in [3.05, 3.63) is 47.3 Å². The summed E-state index contributed by atoms with van der Waals surface area (Å²) in [5, 5.41) is 18.1. The lowest BCUT2D eigenvalue weighted by Crippen LogP contribution is -2.20. The molecule has 0 amide bonds. The highest BCUT2D eigenvalue weighted by Gasteiger charge is 2.37. The first kappa shape index (κ1) is 19.5. The maximum absolute atomic E-state index is 12.8. The second-order valence-electron chi connectivity index (χ2n) is 4.93. The van der Waals surface area contributed by atoms with Crippen molar-refractivity contribution in [2.24, 2.45) is 5.41 Å². The monoisotopic (exact) mass is 350 g/mol. The van der Waals surface area contributed by atoms with Gasteiger partial charge in [0.1, 0.15) is 0 Å². The summed E-state index contributed by atoms with van der Waals surface area (Å²) in [5.41, 5.74) is -2.84.